The first kappa shape index (κ1) is 22.3. The molecule has 0 aromatic heterocycles. The number of phenols is 1. The molecular formula is C21H24N2O5S. The van der Waals surface area contributed by atoms with E-state index in [2.05, 4.69) is 10.6 Å². The number of hydrogen-bond donors (Lipinski definition) is 4. The molecule has 29 heavy (non-hydrogen) atoms. The van der Waals surface area contributed by atoms with Crippen LogP contribution in [-0.4, -0.2) is 33.2 Å². The fourth-order valence-corrected chi connectivity index (χ4v) is 3.61. The van der Waals surface area contributed by atoms with Crippen LogP contribution in [0, 0.1) is 0 Å². The number of aromatic hydroxyl groups is 1. The molecule has 2 amide bonds. The highest BCUT2D eigenvalue weighted by molar-refractivity contribution is 8.00. The van der Waals surface area contributed by atoms with Gasteiger partial charge in [-0.15, -0.1) is 11.8 Å². The van der Waals surface area contributed by atoms with Crippen LogP contribution in [0.15, 0.2) is 47.4 Å². The average molecular weight is 416 g/mol. The number of carboxylic acids is 1. The van der Waals surface area contributed by atoms with Gasteiger partial charge in [-0.3, -0.25) is 9.59 Å². The van der Waals surface area contributed by atoms with E-state index < -0.39 is 11.2 Å². The van der Waals surface area contributed by atoms with Gasteiger partial charge in [-0.05, 0) is 49.2 Å². The molecule has 154 valence electrons. The topological polar surface area (TPSA) is 116 Å². The molecule has 0 heterocycles. The Bertz CT molecular complexity index is 900. The maximum Gasteiger partial charge on any atom is 0.339 e. The van der Waals surface area contributed by atoms with Crippen LogP contribution in [0.1, 0.15) is 43.5 Å². The van der Waals surface area contributed by atoms with Gasteiger partial charge in [0.25, 0.3) is 0 Å². The van der Waals surface area contributed by atoms with Crippen molar-refractivity contribution >= 4 is 40.9 Å². The summed E-state index contributed by atoms with van der Waals surface area (Å²) in [4.78, 5) is 36.4. The first-order valence-electron chi connectivity index (χ1n) is 9.27. The molecule has 0 aliphatic carbocycles. The fourth-order valence-electron chi connectivity index (χ4n) is 2.59. The highest BCUT2D eigenvalue weighted by Gasteiger charge is 2.19. The van der Waals surface area contributed by atoms with Crippen molar-refractivity contribution in [2.45, 2.75) is 43.3 Å². The summed E-state index contributed by atoms with van der Waals surface area (Å²) in [5.74, 6) is -1.97. The van der Waals surface area contributed by atoms with E-state index in [0.29, 0.717) is 24.2 Å². The van der Waals surface area contributed by atoms with Gasteiger partial charge in [0.1, 0.15) is 11.3 Å². The summed E-state index contributed by atoms with van der Waals surface area (Å²) in [5.41, 5.74) is 0.692. The smallest absolute Gasteiger partial charge is 0.339 e. The van der Waals surface area contributed by atoms with Crippen LogP contribution in [0.25, 0.3) is 0 Å². The van der Waals surface area contributed by atoms with E-state index >= 15 is 0 Å². The molecule has 0 bridgehead atoms. The molecule has 2 rings (SSSR count). The largest absolute Gasteiger partial charge is 0.507 e. The molecule has 1 unspecified atom stereocenters. The third kappa shape index (κ3) is 6.53. The van der Waals surface area contributed by atoms with Gasteiger partial charge in [0, 0.05) is 22.7 Å². The number of anilines is 2. The quantitative estimate of drug-likeness (QED) is 0.357. The van der Waals surface area contributed by atoms with Crippen molar-refractivity contribution in [3.05, 3.63) is 48.0 Å². The second-order valence-electron chi connectivity index (χ2n) is 6.37. The third-order valence-corrected chi connectivity index (χ3v) is 5.39. The Morgan fingerprint density at radius 1 is 1.03 bits per heavy atom. The number of rotatable bonds is 9. The van der Waals surface area contributed by atoms with E-state index in [1.807, 2.05) is 32.0 Å². The van der Waals surface area contributed by atoms with Gasteiger partial charge >= 0.3 is 5.97 Å². The van der Waals surface area contributed by atoms with Gasteiger partial charge in [-0.1, -0.05) is 19.9 Å². The van der Waals surface area contributed by atoms with Crippen LogP contribution < -0.4 is 10.6 Å². The van der Waals surface area contributed by atoms with Crippen molar-refractivity contribution in [3.8, 4) is 5.75 Å². The van der Waals surface area contributed by atoms with Gasteiger partial charge in [0.15, 0.2) is 0 Å². The van der Waals surface area contributed by atoms with Crippen LogP contribution in [0.2, 0.25) is 0 Å². The normalized spacial score (nSPS) is 11.5. The van der Waals surface area contributed by atoms with Crippen LogP contribution in [0.5, 0.6) is 5.75 Å². The highest BCUT2D eigenvalue weighted by Crippen LogP contribution is 2.29. The number of carbonyl (C=O) groups is 3. The Morgan fingerprint density at radius 2 is 1.76 bits per heavy atom. The predicted octanol–water partition coefficient (Wildman–Crippen LogP) is 4.34. The van der Waals surface area contributed by atoms with E-state index in [0.717, 1.165) is 11.3 Å². The van der Waals surface area contributed by atoms with Crippen LogP contribution in [0.4, 0.5) is 11.4 Å². The fraction of sp³-hybridized carbons (Fsp3) is 0.286. The Labute approximate surface area is 173 Å². The van der Waals surface area contributed by atoms with Crippen molar-refractivity contribution in [2.24, 2.45) is 0 Å². The summed E-state index contributed by atoms with van der Waals surface area (Å²) in [6, 6.07) is 11.2. The molecule has 0 saturated carbocycles. The summed E-state index contributed by atoms with van der Waals surface area (Å²) >= 11 is 1.36. The lowest BCUT2D eigenvalue weighted by Gasteiger charge is -2.16. The molecule has 0 aliphatic rings. The molecule has 0 aliphatic heterocycles. The average Bonchev–Trinajstić information content (AvgIpc) is 2.67. The Morgan fingerprint density at radius 3 is 2.41 bits per heavy atom. The number of benzene rings is 2. The second kappa shape index (κ2) is 10.5. The first-order chi connectivity index (χ1) is 13.8. The molecule has 1 atom stereocenters. The van der Waals surface area contributed by atoms with Crippen molar-refractivity contribution in [2.75, 3.05) is 10.6 Å². The molecule has 4 N–H and O–H groups in total. The molecule has 0 radical (unpaired) electrons. The van der Waals surface area contributed by atoms with Crippen LogP contribution in [-0.2, 0) is 9.59 Å². The molecule has 0 fully saturated rings. The summed E-state index contributed by atoms with van der Waals surface area (Å²) in [6.45, 7) is 3.81. The molecule has 7 nitrogen and oxygen atoms in total. The van der Waals surface area contributed by atoms with Crippen LogP contribution in [0.3, 0.4) is 0 Å². The lowest BCUT2D eigenvalue weighted by molar-refractivity contribution is -0.116. The summed E-state index contributed by atoms with van der Waals surface area (Å²) in [5, 5.41) is 23.8. The van der Waals surface area contributed by atoms with E-state index in [1.165, 1.54) is 30.0 Å². The number of aromatic carboxylic acids is 1. The SMILES string of the molecule is CCCC(=O)Nc1cccc(SC(CC)C(=O)Nc2ccc(O)c(C(=O)O)c2)c1. The molecule has 0 spiro atoms. The number of amides is 2. The van der Waals surface area contributed by atoms with Crippen molar-refractivity contribution < 1.29 is 24.6 Å². The highest BCUT2D eigenvalue weighted by atomic mass is 32.2. The Balaban J connectivity index is 2.08. The zero-order chi connectivity index (χ0) is 21.4. The predicted molar refractivity (Wildman–Crippen MR) is 114 cm³/mol. The third-order valence-electron chi connectivity index (χ3n) is 4.03. The molecule has 2 aromatic carbocycles. The van der Waals surface area contributed by atoms with Crippen molar-refractivity contribution in [1.29, 1.82) is 0 Å². The van der Waals surface area contributed by atoms with E-state index in [9.17, 15) is 19.5 Å². The van der Waals surface area contributed by atoms with E-state index in [1.54, 1.807) is 6.07 Å². The molecule has 8 heteroatoms. The Kier molecular flexibility index (Phi) is 8.09. The molecule has 2 aromatic rings. The number of carboxylic acid groups (broad SMARTS) is 1. The maximum absolute atomic E-state index is 12.7. The second-order valence-corrected chi connectivity index (χ2v) is 7.64. The van der Waals surface area contributed by atoms with Gasteiger partial charge in [-0.2, -0.15) is 0 Å². The standard InChI is InChI=1S/C21H24N2O5S/c1-3-6-19(25)22-13-7-5-8-15(11-13)29-18(4-2)20(26)23-14-9-10-17(24)16(12-14)21(27)28/h5,7-12,18,24H,3-4,6H2,1-2H3,(H,22,25)(H,23,26)(H,27,28). The zero-order valence-corrected chi connectivity index (χ0v) is 17.1. The molecule has 0 saturated heterocycles. The number of carbonyl (C=O) groups excluding carboxylic acids is 2. The zero-order valence-electron chi connectivity index (χ0n) is 16.3. The minimum atomic E-state index is -1.28. The van der Waals surface area contributed by atoms with Gasteiger partial charge in [-0.25, -0.2) is 4.79 Å². The van der Waals surface area contributed by atoms with Crippen LogP contribution >= 0.6 is 11.8 Å². The van der Waals surface area contributed by atoms with E-state index in [4.69, 9.17) is 5.11 Å². The first-order valence-corrected chi connectivity index (χ1v) is 10.2. The van der Waals surface area contributed by atoms with Crippen molar-refractivity contribution in [3.63, 3.8) is 0 Å². The van der Waals surface area contributed by atoms with Crippen molar-refractivity contribution in [1.82, 2.24) is 0 Å². The summed E-state index contributed by atoms with van der Waals surface area (Å²) < 4.78 is 0. The summed E-state index contributed by atoms with van der Waals surface area (Å²) in [6.07, 6.45) is 1.76. The minimum Gasteiger partial charge on any atom is -0.507 e. The number of nitrogens with one attached hydrogen (secondary N) is 2. The molecular weight excluding hydrogens is 392 g/mol. The summed E-state index contributed by atoms with van der Waals surface area (Å²) in [7, 11) is 0. The maximum atomic E-state index is 12.7. The monoisotopic (exact) mass is 416 g/mol. The lowest BCUT2D eigenvalue weighted by Crippen LogP contribution is -2.24. The Hall–Kier alpha value is -3.00. The van der Waals surface area contributed by atoms with Gasteiger partial charge in [0.05, 0.1) is 5.25 Å². The lowest BCUT2D eigenvalue weighted by atomic mass is 10.1. The number of hydrogen-bond acceptors (Lipinski definition) is 5. The minimum absolute atomic E-state index is 0.0546. The van der Waals surface area contributed by atoms with Gasteiger partial charge in [0.2, 0.25) is 11.8 Å². The number of thioether (sulfide) groups is 1. The van der Waals surface area contributed by atoms with Gasteiger partial charge < -0.3 is 20.8 Å². The van der Waals surface area contributed by atoms with E-state index in [-0.39, 0.29) is 23.1 Å².